The first-order valence-corrected chi connectivity index (χ1v) is 7.03. The number of rotatable bonds is 6. The maximum absolute atomic E-state index is 4.32. The molecule has 1 atom stereocenters. The van der Waals surface area contributed by atoms with Crippen LogP contribution in [0.2, 0.25) is 0 Å². The Hall–Kier alpha value is -1.61. The Bertz CT molecular complexity index is 488. The Labute approximate surface area is 115 Å². The number of para-hydroxylation sites is 1. The molecule has 0 spiro atoms. The quantitative estimate of drug-likeness (QED) is 0.859. The molecule has 3 heteroatoms. The first kappa shape index (κ1) is 13.8. The van der Waals surface area contributed by atoms with E-state index in [4.69, 9.17) is 0 Å². The van der Waals surface area contributed by atoms with Crippen molar-refractivity contribution in [2.75, 3.05) is 0 Å². The standard InChI is InChI=1S/C16H23N3/c1-4-15(13(2)3)17-12-14-8-5-6-9-16(14)19-11-7-10-18-19/h5-11,13,15,17H,4,12H2,1-3H3. The van der Waals surface area contributed by atoms with E-state index in [9.17, 15) is 0 Å². The van der Waals surface area contributed by atoms with Crippen LogP contribution < -0.4 is 5.32 Å². The molecule has 19 heavy (non-hydrogen) atoms. The predicted molar refractivity (Wildman–Crippen MR) is 79.3 cm³/mol. The summed E-state index contributed by atoms with van der Waals surface area (Å²) in [5, 5.41) is 7.96. The van der Waals surface area contributed by atoms with Crippen LogP contribution in [-0.4, -0.2) is 15.8 Å². The van der Waals surface area contributed by atoms with Crippen molar-refractivity contribution in [2.24, 2.45) is 5.92 Å². The molecule has 1 heterocycles. The van der Waals surface area contributed by atoms with Gasteiger partial charge in [-0.05, 0) is 30.0 Å². The van der Waals surface area contributed by atoms with Gasteiger partial charge in [0.05, 0.1) is 5.69 Å². The third kappa shape index (κ3) is 3.44. The van der Waals surface area contributed by atoms with Gasteiger partial charge >= 0.3 is 0 Å². The smallest absolute Gasteiger partial charge is 0.0690 e. The van der Waals surface area contributed by atoms with Crippen molar-refractivity contribution >= 4 is 0 Å². The molecule has 0 aliphatic rings. The maximum atomic E-state index is 4.32. The zero-order chi connectivity index (χ0) is 13.7. The van der Waals surface area contributed by atoms with Gasteiger partial charge in [-0.15, -0.1) is 0 Å². The Morgan fingerprint density at radius 1 is 1.21 bits per heavy atom. The molecule has 1 aromatic heterocycles. The highest BCUT2D eigenvalue weighted by Gasteiger charge is 2.11. The van der Waals surface area contributed by atoms with Gasteiger partial charge in [-0.25, -0.2) is 4.68 Å². The molecule has 3 nitrogen and oxygen atoms in total. The van der Waals surface area contributed by atoms with Gasteiger partial charge in [0.15, 0.2) is 0 Å². The average Bonchev–Trinajstić information content (AvgIpc) is 2.93. The predicted octanol–water partition coefficient (Wildman–Crippen LogP) is 3.40. The van der Waals surface area contributed by atoms with Crippen molar-refractivity contribution in [1.29, 1.82) is 0 Å². The second-order valence-electron chi connectivity index (χ2n) is 5.22. The van der Waals surface area contributed by atoms with E-state index in [-0.39, 0.29) is 0 Å². The monoisotopic (exact) mass is 257 g/mol. The van der Waals surface area contributed by atoms with Crippen molar-refractivity contribution in [2.45, 2.75) is 39.8 Å². The van der Waals surface area contributed by atoms with Crippen LogP contribution in [0.4, 0.5) is 0 Å². The van der Waals surface area contributed by atoms with Gasteiger partial charge in [0.2, 0.25) is 0 Å². The first-order valence-electron chi connectivity index (χ1n) is 7.03. The van der Waals surface area contributed by atoms with E-state index in [1.165, 1.54) is 5.56 Å². The molecular weight excluding hydrogens is 234 g/mol. The maximum Gasteiger partial charge on any atom is 0.0690 e. The highest BCUT2D eigenvalue weighted by molar-refractivity contribution is 5.40. The molecule has 0 amide bonds. The summed E-state index contributed by atoms with van der Waals surface area (Å²) in [4.78, 5) is 0. The highest BCUT2D eigenvalue weighted by atomic mass is 15.3. The Kier molecular flexibility index (Phi) is 4.74. The molecular formula is C16H23N3. The zero-order valence-electron chi connectivity index (χ0n) is 12.0. The molecule has 2 rings (SSSR count). The minimum atomic E-state index is 0.561. The molecule has 0 aliphatic heterocycles. The van der Waals surface area contributed by atoms with Crippen molar-refractivity contribution < 1.29 is 0 Å². The first-order chi connectivity index (χ1) is 9.22. The molecule has 102 valence electrons. The summed E-state index contributed by atoms with van der Waals surface area (Å²) >= 11 is 0. The fourth-order valence-electron chi connectivity index (χ4n) is 2.39. The van der Waals surface area contributed by atoms with E-state index in [0.29, 0.717) is 12.0 Å². The Morgan fingerprint density at radius 2 is 2.00 bits per heavy atom. The van der Waals surface area contributed by atoms with Gasteiger partial charge in [-0.3, -0.25) is 0 Å². The molecule has 1 N–H and O–H groups in total. The van der Waals surface area contributed by atoms with E-state index in [1.807, 2.05) is 23.1 Å². The summed E-state index contributed by atoms with van der Waals surface area (Å²) in [7, 11) is 0. The molecule has 2 aromatic rings. The lowest BCUT2D eigenvalue weighted by Gasteiger charge is -2.21. The normalized spacial score (nSPS) is 12.8. The topological polar surface area (TPSA) is 29.9 Å². The van der Waals surface area contributed by atoms with Gasteiger partial charge < -0.3 is 5.32 Å². The second kappa shape index (κ2) is 6.53. The number of benzene rings is 1. The second-order valence-corrected chi connectivity index (χ2v) is 5.22. The number of hydrogen-bond acceptors (Lipinski definition) is 2. The zero-order valence-corrected chi connectivity index (χ0v) is 12.0. The van der Waals surface area contributed by atoms with Gasteiger partial charge in [0.25, 0.3) is 0 Å². The van der Waals surface area contributed by atoms with Crippen LogP contribution >= 0.6 is 0 Å². The number of nitrogens with zero attached hydrogens (tertiary/aromatic N) is 2. The lowest BCUT2D eigenvalue weighted by molar-refractivity contribution is 0.387. The molecule has 1 unspecified atom stereocenters. The van der Waals surface area contributed by atoms with Crippen LogP contribution in [0.25, 0.3) is 5.69 Å². The van der Waals surface area contributed by atoms with Crippen LogP contribution in [0.3, 0.4) is 0 Å². The van der Waals surface area contributed by atoms with Gasteiger partial charge in [-0.2, -0.15) is 5.10 Å². The number of hydrogen-bond donors (Lipinski definition) is 1. The van der Waals surface area contributed by atoms with Crippen molar-refractivity contribution in [1.82, 2.24) is 15.1 Å². The van der Waals surface area contributed by atoms with E-state index in [2.05, 4.69) is 55.5 Å². The highest BCUT2D eigenvalue weighted by Crippen LogP contribution is 2.14. The Morgan fingerprint density at radius 3 is 2.63 bits per heavy atom. The summed E-state index contributed by atoms with van der Waals surface area (Å²) in [6.45, 7) is 7.64. The number of nitrogens with one attached hydrogen (secondary N) is 1. The number of aromatic nitrogens is 2. The van der Waals surface area contributed by atoms with E-state index in [0.717, 1.165) is 18.7 Å². The van der Waals surface area contributed by atoms with Crippen molar-refractivity contribution in [3.05, 3.63) is 48.3 Å². The van der Waals surface area contributed by atoms with E-state index >= 15 is 0 Å². The van der Waals surface area contributed by atoms with Crippen molar-refractivity contribution in [3.63, 3.8) is 0 Å². The molecule has 0 fully saturated rings. The molecule has 0 saturated heterocycles. The minimum Gasteiger partial charge on any atom is -0.310 e. The lowest BCUT2D eigenvalue weighted by atomic mass is 10.0. The summed E-state index contributed by atoms with van der Waals surface area (Å²) in [5.41, 5.74) is 2.43. The largest absolute Gasteiger partial charge is 0.310 e. The van der Waals surface area contributed by atoms with Crippen LogP contribution in [0, 0.1) is 5.92 Å². The SMILES string of the molecule is CCC(NCc1ccccc1-n1cccn1)C(C)C. The van der Waals surface area contributed by atoms with E-state index < -0.39 is 0 Å². The van der Waals surface area contributed by atoms with Crippen LogP contribution in [0.15, 0.2) is 42.7 Å². The molecule has 1 aromatic carbocycles. The van der Waals surface area contributed by atoms with Crippen LogP contribution in [-0.2, 0) is 6.54 Å². The van der Waals surface area contributed by atoms with Gasteiger partial charge in [0, 0.05) is 25.0 Å². The van der Waals surface area contributed by atoms with E-state index in [1.54, 1.807) is 0 Å². The summed E-state index contributed by atoms with van der Waals surface area (Å²) in [6, 6.07) is 10.9. The molecule has 0 radical (unpaired) electrons. The van der Waals surface area contributed by atoms with Crippen LogP contribution in [0.1, 0.15) is 32.8 Å². The fraction of sp³-hybridized carbons (Fsp3) is 0.438. The van der Waals surface area contributed by atoms with Crippen LogP contribution in [0.5, 0.6) is 0 Å². The third-order valence-electron chi connectivity index (χ3n) is 3.54. The van der Waals surface area contributed by atoms with Crippen molar-refractivity contribution in [3.8, 4) is 5.69 Å². The molecule has 0 bridgehead atoms. The average molecular weight is 257 g/mol. The minimum absolute atomic E-state index is 0.561. The molecule has 0 saturated carbocycles. The summed E-state index contributed by atoms with van der Waals surface area (Å²) in [6.07, 6.45) is 4.95. The lowest BCUT2D eigenvalue weighted by Crippen LogP contribution is -2.32. The Balaban J connectivity index is 2.13. The fourth-order valence-corrected chi connectivity index (χ4v) is 2.39. The van der Waals surface area contributed by atoms with Gasteiger partial charge in [0.1, 0.15) is 0 Å². The van der Waals surface area contributed by atoms with Gasteiger partial charge in [-0.1, -0.05) is 39.0 Å². The molecule has 0 aliphatic carbocycles. The summed E-state index contributed by atoms with van der Waals surface area (Å²) < 4.78 is 1.92. The summed E-state index contributed by atoms with van der Waals surface area (Å²) in [5.74, 6) is 0.655. The third-order valence-corrected chi connectivity index (χ3v) is 3.54.